The van der Waals surface area contributed by atoms with Gasteiger partial charge in [0.25, 0.3) is 0 Å². The van der Waals surface area contributed by atoms with Crippen molar-refractivity contribution in [2.75, 3.05) is 7.11 Å². The molecule has 0 aromatic heterocycles. The molecule has 0 heterocycles. The Labute approximate surface area is 79.6 Å². The van der Waals surface area contributed by atoms with E-state index in [9.17, 15) is 14.3 Å². The Bertz CT molecular complexity index is 330. The maximum absolute atomic E-state index is 12.7. The van der Waals surface area contributed by atoms with Crippen LogP contribution in [0.4, 0.5) is 4.39 Å². The summed E-state index contributed by atoms with van der Waals surface area (Å²) < 4.78 is 17.0. The van der Waals surface area contributed by atoms with Crippen LogP contribution in [0.2, 0.25) is 0 Å². The first-order chi connectivity index (χ1) is 6.54. The maximum atomic E-state index is 12.7. The highest BCUT2D eigenvalue weighted by atomic mass is 19.1. The zero-order chi connectivity index (χ0) is 10.7. The van der Waals surface area contributed by atoms with Crippen molar-refractivity contribution >= 4 is 5.97 Å². The molecule has 4 nitrogen and oxygen atoms in total. The zero-order valence-electron chi connectivity index (χ0n) is 7.40. The molecule has 5 heteroatoms. The Hall–Kier alpha value is -1.62. The minimum absolute atomic E-state index is 0.0469. The van der Waals surface area contributed by atoms with Gasteiger partial charge in [-0.25, -0.2) is 9.18 Å². The van der Waals surface area contributed by atoms with Crippen LogP contribution in [-0.2, 0) is 9.53 Å². The van der Waals surface area contributed by atoms with Crippen LogP contribution < -0.4 is 0 Å². The Morgan fingerprint density at radius 1 is 1.50 bits per heavy atom. The number of halogens is 1. The molecule has 2 N–H and O–H groups in total. The molecule has 0 bridgehead atoms. The minimum Gasteiger partial charge on any atom is -0.508 e. The van der Waals surface area contributed by atoms with Gasteiger partial charge in [0, 0.05) is 6.07 Å². The molecule has 0 aliphatic rings. The van der Waals surface area contributed by atoms with E-state index in [-0.39, 0.29) is 11.3 Å². The second kappa shape index (κ2) is 4.06. The van der Waals surface area contributed by atoms with Gasteiger partial charge in [0.1, 0.15) is 11.6 Å². The molecule has 1 rings (SSSR count). The lowest BCUT2D eigenvalue weighted by Gasteiger charge is -2.08. The number of esters is 1. The van der Waals surface area contributed by atoms with Gasteiger partial charge in [-0.1, -0.05) is 0 Å². The van der Waals surface area contributed by atoms with E-state index in [0.717, 1.165) is 25.3 Å². The Morgan fingerprint density at radius 3 is 2.64 bits per heavy atom. The normalized spacial score (nSPS) is 12.2. The highest BCUT2D eigenvalue weighted by Crippen LogP contribution is 2.21. The number of rotatable bonds is 2. The van der Waals surface area contributed by atoms with Crippen LogP contribution in [0.3, 0.4) is 0 Å². The van der Waals surface area contributed by atoms with E-state index in [1.807, 2.05) is 0 Å². The van der Waals surface area contributed by atoms with Crippen LogP contribution >= 0.6 is 0 Å². The number of aliphatic hydroxyl groups excluding tert-OH is 1. The number of carbonyl (C=O) groups excluding carboxylic acids is 1. The van der Waals surface area contributed by atoms with Gasteiger partial charge in [-0.2, -0.15) is 0 Å². The van der Waals surface area contributed by atoms with Crippen LogP contribution in [0, 0.1) is 5.82 Å². The topological polar surface area (TPSA) is 66.8 Å². The molecule has 0 aliphatic heterocycles. The summed E-state index contributed by atoms with van der Waals surface area (Å²) >= 11 is 0. The third-order valence-corrected chi connectivity index (χ3v) is 1.65. The predicted octanol–water partition coefficient (Wildman–Crippen LogP) is 0.738. The lowest BCUT2D eigenvalue weighted by molar-refractivity contribution is -0.150. The number of phenolic OH excluding ortho intramolecular Hbond substituents is 1. The first-order valence-electron chi connectivity index (χ1n) is 3.80. The van der Waals surface area contributed by atoms with Crippen LogP contribution in [0.5, 0.6) is 5.75 Å². The number of phenols is 1. The maximum Gasteiger partial charge on any atom is 0.339 e. The van der Waals surface area contributed by atoms with Gasteiger partial charge in [-0.3, -0.25) is 0 Å². The van der Waals surface area contributed by atoms with Crippen LogP contribution in [0.25, 0.3) is 0 Å². The molecule has 0 radical (unpaired) electrons. The molecule has 0 aliphatic carbocycles. The number of methoxy groups -OCH3 is 1. The molecule has 0 fully saturated rings. The zero-order valence-corrected chi connectivity index (χ0v) is 7.40. The fourth-order valence-corrected chi connectivity index (χ4v) is 1.00. The summed E-state index contributed by atoms with van der Waals surface area (Å²) in [7, 11) is 1.10. The molecule has 1 aromatic rings. The Kier molecular flexibility index (Phi) is 3.03. The molecule has 1 atom stereocenters. The number of hydrogen-bond donors (Lipinski definition) is 2. The standard InChI is InChI=1S/C9H9FO4/c1-14-9(13)8(12)5-2-6(10)4-7(11)3-5/h2-4,8,11-12H,1H3. The summed E-state index contributed by atoms with van der Waals surface area (Å²) in [6.07, 6.45) is -1.58. The third kappa shape index (κ3) is 2.20. The van der Waals surface area contributed by atoms with Gasteiger partial charge in [-0.05, 0) is 17.7 Å². The molecule has 14 heavy (non-hydrogen) atoms. The quantitative estimate of drug-likeness (QED) is 0.691. The van der Waals surface area contributed by atoms with Crippen molar-refractivity contribution in [2.24, 2.45) is 0 Å². The molecule has 0 spiro atoms. The van der Waals surface area contributed by atoms with Crippen LogP contribution in [0.1, 0.15) is 11.7 Å². The van der Waals surface area contributed by atoms with Gasteiger partial charge >= 0.3 is 5.97 Å². The number of aliphatic hydroxyl groups is 1. The van der Waals surface area contributed by atoms with Gasteiger partial charge in [0.2, 0.25) is 0 Å². The molecule has 0 amide bonds. The van der Waals surface area contributed by atoms with Crippen molar-refractivity contribution in [1.29, 1.82) is 0 Å². The van der Waals surface area contributed by atoms with Crippen LogP contribution in [0.15, 0.2) is 18.2 Å². The average Bonchev–Trinajstić information content (AvgIpc) is 2.14. The van der Waals surface area contributed by atoms with Crippen LogP contribution in [-0.4, -0.2) is 23.3 Å². The fourth-order valence-electron chi connectivity index (χ4n) is 1.00. The number of carbonyl (C=O) groups is 1. The Balaban J connectivity index is 3.00. The van der Waals surface area contributed by atoms with Gasteiger partial charge in [-0.15, -0.1) is 0 Å². The second-order valence-corrected chi connectivity index (χ2v) is 2.67. The summed E-state index contributed by atoms with van der Waals surface area (Å²) in [6, 6.07) is 2.90. The van der Waals surface area contributed by atoms with Crippen molar-refractivity contribution in [3.8, 4) is 5.75 Å². The second-order valence-electron chi connectivity index (χ2n) is 2.67. The van der Waals surface area contributed by atoms with Gasteiger partial charge < -0.3 is 14.9 Å². The van der Waals surface area contributed by atoms with Gasteiger partial charge in [0.15, 0.2) is 6.10 Å². The summed E-state index contributed by atoms with van der Waals surface area (Å²) in [5.41, 5.74) is -0.0469. The highest BCUT2D eigenvalue weighted by molar-refractivity contribution is 5.76. The van der Waals surface area contributed by atoms with Crippen molar-refractivity contribution in [3.63, 3.8) is 0 Å². The number of ether oxygens (including phenoxy) is 1. The van der Waals surface area contributed by atoms with E-state index in [4.69, 9.17) is 5.11 Å². The Morgan fingerprint density at radius 2 is 2.14 bits per heavy atom. The van der Waals surface area contributed by atoms with Crippen molar-refractivity contribution in [1.82, 2.24) is 0 Å². The predicted molar refractivity (Wildman–Crippen MR) is 45.0 cm³/mol. The highest BCUT2D eigenvalue weighted by Gasteiger charge is 2.18. The summed E-state index contributed by atoms with van der Waals surface area (Å²) in [6.45, 7) is 0. The lowest BCUT2D eigenvalue weighted by Crippen LogP contribution is -2.13. The monoisotopic (exact) mass is 200 g/mol. The summed E-state index contributed by atoms with van der Waals surface area (Å²) in [4.78, 5) is 10.9. The smallest absolute Gasteiger partial charge is 0.339 e. The van der Waals surface area contributed by atoms with E-state index in [0.29, 0.717) is 0 Å². The minimum atomic E-state index is -1.58. The van der Waals surface area contributed by atoms with Crippen molar-refractivity contribution in [3.05, 3.63) is 29.6 Å². The lowest BCUT2D eigenvalue weighted by atomic mass is 10.1. The third-order valence-electron chi connectivity index (χ3n) is 1.65. The number of hydrogen-bond acceptors (Lipinski definition) is 4. The first kappa shape index (κ1) is 10.5. The fraction of sp³-hybridized carbons (Fsp3) is 0.222. The summed E-state index contributed by atoms with van der Waals surface area (Å²) in [5.74, 6) is -2.00. The van der Waals surface area contributed by atoms with E-state index in [1.165, 1.54) is 0 Å². The number of aromatic hydroxyl groups is 1. The van der Waals surface area contributed by atoms with Crippen molar-refractivity contribution < 1.29 is 24.1 Å². The van der Waals surface area contributed by atoms with Crippen molar-refractivity contribution in [2.45, 2.75) is 6.10 Å². The molecule has 0 saturated carbocycles. The largest absolute Gasteiger partial charge is 0.508 e. The van der Waals surface area contributed by atoms with Gasteiger partial charge in [0.05, 0.1) is 7.11 Å². The van der Waals surface area contributed by atoms with E-state index in [1.54, 1.807) is 0 Å². The van der Waals surface area contributed by atoms with E-state index >= 15 is 0 Å². The molecule has 76 valence electrons. The molecule has 0 saturated heterocycles. The molecule has 1 unspecified atom stereocenters. The number of benzene rings is 1. The molecular formula is C9H9FO4. The van der Waals surface area contributed by atoms with E-state index < -0.39 is 17.9 Å². The van der Waals surface area contributed by atoms with E-state index in [2.05, 4.69) is 4.74 Å². The average molecular weight is 200 g/mol. The SMILES string of the molecule is COC(=O)C(O)c1cc(O)cc(F)c1. The molecular weight excluding hydrogens is 191 g/mol. The first-order valence-corrected chi connectivity index (χ1v) is 3.80. The molecule has 1 aromatic carbocycles. The summed E-state index contributed by atoms with van der Waals surface area (Å²) in [5, 5.41) is 18.3.